The standard InChI is InChI=1S/C22H26O4/c1-7-17(15(4)23)18-10-13(2)14(3)11-19(18)22(24)16-8-9-20(25-5)21(12-16)26-6/h8-12,17H,7H2,1-6H3. The smallest absolute Gasteiger partial charge is 0.193 e. The lowest BCUT2D eigenvalue weighted by molar-refractivity contribution is -0.118. The molecule has 0 bridgehead atoms. The maximum absolute atomic E-state index is 13.2. The minimum atomic E-state index is -0.284. The Labute approximate surface area is 155 Å². The van der Waals surface area contributed by atoms with Gasteiger partial charge in [-0.25, -0.2) is 0 Å². The molecule has 1 atom stereocenters. The van der Waals surface area contributed by atoms with Gasteiger partial charge in [-0.05, 0) is 68.1 Å². The van der Waals surface area contributed by atoms with Crippen LogP contribution in [0, 0.1) is 13.8 Å². The average molecular weight is 354 g/mol. The van der Waals surface area contributed by atoms with Crippen LogP contribution in [-0.2, 0) is 4.79 Å². The molecule has 0 amide bonds. The largest absolute Gasteiger partial charge is 0.493 e. The molecule has 4 nitrogen and oxygen atoms in total. The molecule has 0 spiro atoms. The second kappa shape index (κ2) is 8.17. The van der Waals surface area contributed by atoms with Crippen LogP contribution in [0.2, 0.25) is 0 Å². The summed E-state index contributed by atoms with van der Waals surface area (Å²) in [6, 6.07) is 8.97. The Bertz CT molecular complexity index is 836. The summed E-state index contributed by atoms with van der Waals surface area (Å²) < 4.78 is 10.6. The third-order valence-electron chi connectivity index (χ3n) is 4.83. The molecular formula is C22H26O4. The lowest BCUT2D eigenvalue weighted by atomic mass is 9.84. The number of methoxy groups -OCH3 is 2. The van der Waals surface area contributed by atoms with Crippen LogP contribution in [0.25, 0.3) is 0 Å². The molecule has 2 aromatic rings. The highest BCUT2D eigenvalue weighted by atomic mass is 16.5. The summed E-state index contributed by atoms with van der Waals surface area (Å²) in [7, 11) is 3.09. The van der Waals surface area contributed by atoms with Crippen LogP contribution in [0.4, 0.5) is 0 Å². The summed E-state index contributed by atoms with van der Waals surface area (Å²) in [6.45, 7) is 7.51. The van der Waals surface area contributed by atoms with Crippen molar-refractivity contribution in [1.82, 2.24) is 0 Å². The number of Topliss-reactive ketones (excluding diaryl/α,β-unsaturated/α-hetero) is 1. The number of carbonyl (C=O) groups is 2. The Balaban J connectivity index is 2.61. The summed E-state index contributed by atoms with van der Waals surface area (Å²) in [5.74, 6) is 0.733. The number of ether oxygens (including phenoxy) is 2. The van der Waals surface area contributed by atoms with Crippen molar-refractivity contribution in [3.63, 3.8) is 0 Å². The van der Waals surface area contributed by atoms with Crippen molar-refractivity contribution in [1.29, 1.82) is 0 Å². The maximum atomic E-state index is 13.2. The Morgan fingerprint density at radius 1 is 0.962 bits per heavy atom. The van der Waals surface area contributed by atoms with E-state index in [1.54, 1.807) is 32.2 Å². The van der Waals surface area contributed by atoms with Crippen LogP contribution in [0.5, 0.6) is 11.5 Å². The highest BCUT2D eigenvalue weighted by Crippen LogP contribution is 2.32. The fourth-order valence-corrected chi connectivity index (χ4v) is 3.18. The van der Waals surface area contributed by atoms with Gasteiger partial charge in [-0.15, -0.1) is 0 Å². The SMILES string of the molecule is CCC(C(C)=O)c1cc(C)c(C)cc1C(=O)c1ccc(OC)c(OC)c1. The van der Waals surface area contributed by atoms with Gasteiger partial charge in [0.25, 0.3) is 0 Å². The lowest BCUT2D eigenvalue weighted by Gasteiger charge is -2.19. The Kier molecular flexibility index (Phi) is 6.19. The Hall–Kier alpha value is -2.62. The third-order valence-corrected chi connectivity index (χ3v) is 4.83. The van der Waals surface area contributed by atoms with Gasteiger partial charge in [-0.2, -0.15) is 0 Å². The van der Waals surface area contributed by atoms with E-state index in [1.807, 2.05) is 32.9 Å². The number of benzene rings is 2. The molecule has 0 N–H and O–H groups in total. The van der Waals surface area contributed by atoms with Crippen molar-refractivity contribution >= 4 is 11.6 Å². The van der Waals surface area contributed by atoms with Gasteiger partial charge >= 0.3 is 0 Å². The zero-order valence-electron chi connectivity index (χ0n) is 16.3. The van der Waals surface area contributed by atoms with E-state index >= 15 is 0 Å². The zero-order chi connectivity index (χ0) is 19.4. The van der Waals surface area contributed by atoms with Crippen LogP contribution in [0.15, 0.2) is 30.3 Å². The van der Waals surface area contributed by atoms with Crippen molar-refractivity contribution in [3.05, 3.63) is 58.1 Å². The molecule has 4 heteroatoms. The lowest BCUT2D eigenvalue weighted by Crippen LogP contribution is -2.15. The normalized spacial score (nSPS) is 11.8. The Morgan fingerprint density at radius 2 is 1.58 bits per heavy atom. The van der Waals surface area contributed by atoms with Gasteiger partial charge < -0.3 is 9.47 Å². The van der Waals surface area contributed by atoms with Crippen LogP contribution >= 0.6 is 0 Å². The summed E-state index contributed by atoms with van der Waals surface area (Å²) in [5.41, 5.74) is 3.97. The van der Waals surface area contributed by atoms with Gasteiger partial charge in [-0.1, -0.05) is 13.0 Å². The molecule has 2 rings (SSSR count). The fraction of sp³-hybridized carbons (Fsp3) is 0.364. The molecule has 0 aromatic heterocycles. The second-order valence-electron chi connectivity index (χ2n) is 6.49. The van der Waals surface area contributed by atoms with E-state index in [4.69, 9.17) is 9.47 Å². The molecule has 0 saturated carbocycles. The number of carbonyl (C=O) groups excluding carboxylic acids is 2. The first-order valence-electron chi connectivity index (χ1n) is 8.72. The number of hydrogen-bond donors (Lipinski definition) is 0. The van der Waals surface area contributed by atoms with E-state index in [2.05, 4.69) is 0 Å². The van der Waals surface area contributed by atoms with E-state index in [1.165, 1.54) is 7.11 Å². The zero-order valence-corrected chi connectivity index (χ0v) is 16.3. The molecule has 1 unspecified atom stereocenters. The van der Waals surface area contributed by atoms with Gasteiger partial charge in [0.05, 0.1) is 14.2 Å². The number of ketones is 2. The predicted octanol–water partition coefficient (Wildman–Crippen LogP) is 4.63. The number of rotatable bonds is 7. The minimum absolute atomic E-state index is 0.0668. The molecule has 26 heavy (non-hydrogen) atoms. The molecule has 0 aliphatic heterocycles. The highest BCUT2D eigenvalue weighted by molar-refractivity contribution is 6.11. The van der Waals surface area contributed by atoms with Crippen molar-refractivity contribution in [3.8, 4) is 11.5 Å². The van der Waals surface area contributed by atoms with Crippen LogP contribution in [0.1, 0.15) is 58.8 Å². The summed E-state index contributed by atoms with van der Waals surface area (Å²) in [5, 5.41) is 0. The van der Waals surface area contributed by atoms with Crippen LogP contribution in [0.3, 0.4) is 0 Å². The quantitative estimate of drug-likeness (QED) is 0.680. The molecule has 0 saturated heterocycles. The van der Waals surface area contributed by atoms with E-state index < -0.39 is 0 Å². The monoisotopic (exact) mass is 354 g/mol. The van der Waals surface area contributed by atoms with E-state index in [9.17, 15) is 9.59 Å². The topological polar surface area (TPSA) is 52.6 Å². The van der Waals surface area contributed by atoms with Gasteiger partial charge in [0.2, 0.25) is 0 Å². The first kappa shape index (κ1) is 19.7. The van der Waals surface area contributed by atoms with E-state index in [0.717, 1.165) is 16.7 Å². The van der Waals surface area contributed by atoms with Gasteiger partial charge in [0.1, 0.15) is 5.78 Å². The summed E-state index contributed by atoms with van der Waals surface area (Å²) in [4.78, 5) is 25.4. The van der Waals surface area contributed by atoms with Crippen molar-refractivity contribution in [2.24, 2.45) is 0 Å². The summed E-state index contributed by atoms with van der Waals surface area (Å²) in [6.07, 6.45) is 0.657. The van der Waals surface area contributed by atoms with Crippen molar-refractivity contribution < 1.29 is 19.1 Å². The third kappa shape index (κ3) is 3.79. The van der Waals surface area contributed by atoms with Crippen molar-refractivity contribution in [2.45, 2.75) is 40.0 Å². The number of hydrogen-bond acceptors (Lipinski definition) is 4. The van der Waals surface area contributed by atoms with Crippen LogP contribution in [-0.4, -0.2) is 25.8 Å². The maximum Gasteiger partial charge on any atom is 0.193 e. The average Bonchev–Trinajstić information content (AvgIpc) is 2.63. The Morgan fingerprint density at radius 3 is 2.12 bits per heavy atom. The van der Waals surface area contributed by atoms with Crippen molar-refractivity contribution in [2.75, 3.05) is 14.2 Å². The molecular weight excluding hydrogens is 328 g/mol. The fourth-order valence-electron chi connectivity index (χ4n) is 3.18. The molecule has 0 heterocycles. The van der Waals surface area contributed by atoms with E-state index in [0.29, 0.717) is 29.0 Å². The minimum Gasteiger partial charge on any atom is -0.493 e. The molecule has 2 aromatic carbocycles. The highest BCUT2D eigenvalue weighted by Gasteiger charge is 2.24. The van der Waals surface area contributed by atoms with Crippen LogP contribution < -0.4 is 9.47 Å². The van der Waals surface area contributed by atoms with Gasteiger partial charge in [0, 0.05) is 17.0 Å². The van der Waals surface area contributed by atoms with E-state index in [-0.39, 0.29) is 17.5 Å². The number of aryl methyl sites for hydroxylation is 2. The predicted molar refractivity (Wildman–Crippen MR) is 103 cm³/mol. The molecule has 0 aliphatic carbocycles. The molecule has 0 radical (unpaired) electrons. The molecule has 138 valence electrons. The first-order valence-corrected chi connectivity index (χ1v) is 8.72. The first-order chi connectivity index (χ1) is 12.3. The van der Waals surface area contributed by atoms with Gasteiger partial charge in [0.15, 0.2) is 17.3 Å². The summed E-state index contributed by atoms with van der Waals surface area (Å²) >= 11 is 0. The molecule has 0 aliphatic rings. The van der Waals surface area contributed by atoms with Gasteiger partial charge in [-0.3, -0.25) is 9.59 Å². The molecule has 0 fully saturated rings. The second-order valence-corrected chi connectivity index (χ2v) is 6.49.